The van der Waals surface area contributed by atoms with Crippen LogP contribution in [0.4, 0.5) is 8.78 Å². The predicted octanol–water partition coefficient (Wildman–Crippen LogP) is 5.48. The number of hydrogen-bond acceptors (Lipinski definition) is 3. The zero-order chi connectivity index (χ0) is 17.5. The number of benzene rings is 1. The smallest absolute Gasteiger partial charge is 0.341 e. The van der Waals surface area contributed by atoms with E-state index in [1.165, 1.54) is 0 Å². The number of carbonyl (C=O) groups excluding carboxylic acids is 2. The van der Waals surface area contributed by atoms with Crippen molar-refractivity contribution >= 4 is 125 Å². The fraction of sp³-hybridized carbons (Fsp3) is 0.333. The number of carbonyl (C=O) groups is 2. The highest BCUT2D eigenvalue weighted by Crippen LogP contribution is 2.36. The average molecular weight is 872 g/mol. The van der Waals surface area contributed by atoms with Gasteiger partial charge in [-0.1, -0.05) is 0 Å². The molecule has 0 heterocycles. The van der Waals surface area contributed by atoms with Gasteiger partial charge in [-0.25, -0.2) is 4.79 Å². The van der Waals surface area contributed by atoms with Crippen LogP contribution in [0.15, 0.2) is 0 Å². The second kappa shape index (κ2) is 8.05. The maximum Gasteiger partial charge on any atom is 0.341 e. The zero-order valence-electron chi connectivity index (χ0n) is 10.9. The Bertz CT molecular complexity index is 617. The van der Waals surface area contributed by atoms with E-state index in [0.717, 1.165) is 24.6 Å². The Morgan fingerprint density at radius 1 is 0.955 bits per heavy atom. The largest absolute Gasteiger partial charge is 0.449 e. The predicted molar refractivity (Wildman–Crippen MR) is 121 cm³/mol. The maximum atomic E-state index is 13.6. The third-order valence-electron chi connectivity index (χ3n) is 2.71. The van der Waals surface area contributed by atoms with E-state index >= 15 is 0 Å². The molecule has 1 aromatic rings. The van der Waals surface area contributed by atoms with E-state index in [2.05, 4.69) is 67.8 Å². The van der Waals surface area contributed by atoms with Crippen molar-refractivity contribution in [1.82, 2.24) is 0 Å². The molecular formula is C12H7F2I5O3. The second-order valence-corrected chi connectivity index (χ2v) is 9.98. The van der Waals surface area contributed by atoms with Gasteiger partial charge < -0.3 is 4.74 Å². The molecule has 22 heavy (non-hydrogen) atoms. The number of ether oxygens (including phenoxy) is 1. The van der Waals surface area contributed by atoms with Gasteiger partial charge in [0.15, 0.2) is 11.9 Å². The molecule has 0 aromatic heterocycles. The highest BCUT2D eigenvalue weighted by molar-refractivity contribution is 14.1. The van der Waals surface area contributed by atoms with E-state index in [4.69, 9.17) is 4.74 Å². The van der Waals surface area contributed by atoms with Gasteiger partial charge in [0, 0.05) is 17.9 Å². The Morgan fingerprint density at radius 3 is 1.68 bits per heavy atom. The summed E-state index contributed by atoms with van der Waals surface area (Å²) in [7, 11) is 0. The minimum absolute atomic E-state index is 0.241. The first-order chi connectivity index (χ1) is 9.87. The van der Waals surface area contributed by atoms with Crippen LogP contribution in [0.2, 0.25) is 0 Å². The number of hydrogen-bond donors (Lipinski definition) is 0. The van der Waals surface area contributed by atoms with Crippen molar-refractivity contribution in [3.8, 4) is 0 Å². The van der Waals surface area contributed by atoms with Crippen LogP contribution in [0.5, 0.6) is 0 Å². The quantitative estimate of drug-likeness (QED) is 0.133. The Kier molecular flexibility index (Phi) is 8.01. The van der Waals surface area contributed by atoms with Gasteiger partial charge in [0.25, 0.3) is 0 Å². The fourth-order valence-electron chi connectivity index (χ4n) is 1.28. The molecule has 0 saturated carbocycles. The third kappa shape index (κ3) is 4.34. The Hall–Kier alpha value is 1.87. The van der Waals surface area contributed by atoms with E-state index < -0.39 is 23.8 Å². The lowest BCUT2D eigenvalue weighted by atomic mass is 10.0. The lowest BCUT2D eigenvalue weighted by molar-refractivity contribution is -0.169. The minimum Gasteiger partial charge on any atom is -0.449 e. The van der Waals surface area contributed by atoms with Gasteiger partial charge in [-0.05, 0) is 127 Å². The normalized spacial score (nSPS) is 12.2. The molecule has 10 heteroatoms. The molecule has 0 aliphatic rings. The summed E-state index contributed by atoms with van der Waals surface area (Å²) in [4.78, 5) is 22.9. The molecule has 0 amide bonds. The average Bonchev–Trinajstić information content (AvgIpc) is 2.42. The van der Waals surface area contributed by atoms with Gasteiger partial charge in [-0.2, -0.15) is 8.78 Å². The molecule has 0 unspecified atom stereocenters. The van der Waals surface area contributed by atoms with Crippen LogP contribution in [0, 0.1) is 17.9 Å². The van der Waals surface area contributed by atoms with Crippen LogP contribution in [-0.2, 0) is 9.53 Å². The van der Waals surface area contributed by atoms with Gasteiger partial charge in [-0.15, -0.1) is 0 Å². The molecule has 3 nitrogen and oxygen atoms in total. The molecule has 0 saturated heterocycles. The van der Waals surface area contributed by atoms with E-state index in [0.29, 0.717) is 7.14 Å². The van der Waals surface area contributed by atoms with E-state index in [1.807, 2.05) is 45.2 Å². The molecule has 1 rings (SSSR count). The fourth-order valence-corrected chi connectivity index (χ4v) is 6.48. The monoisotopic (exact) mass is 872 g/mol. The maximum absolute atomic E-state index is 13.6. The lowest BCUT2D eigenvalue weighted by Gasteiger charge is -2.30. The number of halogens is 7. The molecule has 0 N–H and O–H groups in total. The standard InChI is InChI=1S/C12H7F2I5O3/c1-11(2,12(13,14)3-20)22-10(21)4-5(15)7(17)9(19)8(18)6(4)16/h3H,1-2H3. The van der Waals surface area contributed by atoms with Crippen LogP contribution in [0.1, 0.15) is 24.2 Å². The van der Waals surface area contributed by atoms with E-state index in [-0.39, 0.29) is 5.56 Å². The van der Waals surface area contributed by atoms with Gasteiger partial charge in [0.2, 0.25) is 0 Å². The summed E-state index contributed by atoms with van der Waals surface area (Å²) in [5, 5.41) is 0. The molecule has 0 bridgehead atoms. The summed E-state index contributed by atoms with van der Waals surface area (Å²) in [6, 6.07) is 0. The highest BCUT2D eigenvalue weighted by atomic mass is 127. The van der Waals surface area contributed by atoms with Crippen LogP contribution in [0.25, 0.3) is 0 Å². The van der Waals surface area contributed by atoms with Gasteiger partial charge in [-0.3, -0.25) is 4.79 Å². The summed E-state index contributed by atoms with van der Waals surface area (Å²) >= 11 is 10.3. The summed E-state index contributed by atoms with van der Waals surface area (Å²) in [6.45, 7) is 2.03. The van der Waals surface area contributed by atoms with Crippen molar-refractivity contribution in [2.45, 2.75) is 25.4 Å². The molecule has 0 radical (unpaired) electrons. The molecule has 0 spiro atoms. The lowest BCUT2D eigenvalue weighted by Crippen LogP contribution is -2.48. The Morgan fingerprint density at radius 2 is 1.32 bits per heavy atom. The van der Waals surface area contributed by atoms with Crippen LogP contribution >= 0.6 is 113 Å². The first-order valence-corrected chi connectivity index (χ1v) is 10.9. The van der Waals surface area contributed by atoms with Crippen molar-refractivity contribution in [1.29, 1.82) is 0 Å². The third-order valence-corrected chi connectivity index (χ3v) is 12.2. The van der Waals surface area contributed by atoms with E-state index in [9.17, 15) is 18.4 Å². The van der Waals surface area contributed by atoms with Gasteiger partial charge in [0.05, 0.1) is 5.56 Å². The van der Waals surface area contributed by atoms with Gasteiger partial charge in [0.1, 0.15) is 0 Å². The molecule has 0 fully saturated rings. The topological polar surface area (TPSA) is 43.4 Å². The molecule has 0 aliphatic heterocycles. The highest BCUT2D eigenvalue weighted by Gasteiger charge is 2.50. The van der Waals surface area contributed by atoms with Crippen molar-refractivity contribution < 1.29 is 23.1 Å². The second-order valence-electron chi connectivity index (χ2n) is 4.59. The Balaban J connectivity index is 3.35. The van der Waals surface area contributed by atoms with Crippen LogP contribution in [-0.4, -0.2) is 23.8 Å². The molecule has 122 valence electrons. The Labute approximate surface area is 194 Å². The van der Waals surface area contributed by atoms with Crippen molar-refractivity contribution in [2.75, 3.05) is 0 Å². The SMILES string of the molecule is CC(C)(OC(=O)c1c(I)c(I)c(I)c(I)c1I)C(F)(F)C=O. The van der Waals surface area contributed by atoms with Crippen LogP contribution in [0.3, 0.4) is 0 Å². The summed E-state index contributed by atoms with van der Waals surface area (Å²) in [5.41, 5.74) is -1.98. The summed E-state index contributed by atoms with van der Waals surface area (Å²) in [6.07, 6.45) is -0.502. The first-order valence-electron chi connectivity index (χ1n) is 5.46. The summed E-state index contributed by atoms with van der Waals surface area (Å²) in [5.74, 6) is -4.63. The van der Waals surface area contributed by atoms with Crippen molar-refractivity contribution in [3.05, 3.63) is 23.4 Å². The minimum atomic E-state index is -3.76. The number of rotatable bonds is 4. The first kappa shape index (κ1) is 21.9. The molecular weight excluding hydrogens is 865 g/mol. The summed E-state index contributed by atoms with van der Waals surface area (Å²) < 4.78 is 36.1. The van der Waals surface area contributed by atoms with Crippen molar-refractivity contribution in [2.24, 2.45) is 0 Å². The van der Waals surface area contributed by atoms with E-state index in [1.54, 1.807) is 0 Å². The number of aldehydes is 1. The molecule has 1 aromatic carbocycles. The molecule has 0 aliphatic carbocycles. The van der Waals surface area contributed by atoms with Gasteiger partial charge >= 0.3 is 11.9 Å². The number of esters is 1. The zero-order valence-corrected chi connectivity index (χ0v) is 21.7. The van der Waals surface area contributed by atoms with Crippen LogP contribution < -0.4 is 0 Å². The van der Waals surface area contributed by atoms with Crippen molar-refractivity contribution in [3.63, 3.8) is 0 Å². The number of alkyl halides is 2. The molecule has 0 atom stereocenters.